The van der Waals surface area contributed by atoms with Crippen LogP contribution in [0.25, 0.3) is 11.1 Å². The van der Waals surface area contributed by atoms with E-state index in [0.717, 1.165) is 17.9 Å². The average Bonchev–Trinajstić information content (AvgIpc) is 2.79. The van der Waals surface area contributed by atoms with Gasteiger partial charge in [-0.05, 0) is 89.7 Å². The lowest BCUT2D eigenvalue weighted by Gasteiger charge is -2.06. The van der Waals surface area contributed by atoms with Crippen molar-refractivity contribution in [2.75, 3.05) is 0 Å². The number of benzene rings is 4. The molecule has 164 valence electrons. The maximum atomic E-state index is 8.58. The quantitative estimate of drug-likeness (QED) is 0.123. The lowest BCUT2D eigenvalue weighted by Crippen LogP contribution is -2.29. The zero-order valence-electron chi connectivity index (χ0n) is 16.6. The largest absolute Gasteiger partial charge is 0.488 e. The molecule has 0 amide bonds. The third-order valence-electron chi connectivity index (χ3n) is 4.03. The summed E-state index contributed by atoms with van der Waals surface area (Å²) >= 11 is 16.2. The molecule has 0 atom stereocenters. The van der Waals surface area contributed by atoms with Gasteiger partial charge in [-0.3, -0.25) is 0 Å². The minimum absolute atomic E-state index is 0.525. The predicted octanol–water partition coefficient (Wildman–Crippen LogP) is 8.06. The molecule has 0 fully saturated rings. The van der Waals surface area contributed by atoms with Crippen LogP contribution in [0.1, 0.15) is 0 Å². The Morgan fingerprint density at radius 1 is 0.531 bits per heavy atom. The van der Waals surface area contributed by atoms with E-state index in [0.29, 0.717) is 5.46 Å². The third-order valence-corrected chi connectivity index (χ3v) is 9.32. The smallest absolute Gasteiger partial charge is 0.423 e. The van der Waals surface area contributed by atoms with E-state index in [1.165, 1.54) is 14.7 Å². The minimum Gasteiger partial charge on any atom is -0.423 e. The van der Waals surface area contributed by atoms with Crippen molar-refractivity contribution in [1.29, 1.82) is 0 Å². The molecule has 0 unspecified atom stereocenters. The van der Waals surface area contributed by atoms with Gasteiger partial charge in [-0.25, -0.2) is 0 Å². The molecule has 4 aromatic carbocycles. The zero-order valence-corrected chi connectivity index (χ0v) is 25.1. The maximum Gasteiger partial charge on any atom is 0.488 e. The van der Waals surface area contributed by atoms with Crippen LogP contribution in [0, 0.1) is 3.57 Å². The first kappa shape index (κ1) is 27.8. The fourth-order valence-electron chi connectivity index (χ4n) is 2.48. The van der Waals surface area contributed by atoms with Crippen LogP contribution >= 0.6 is 86.3 Å². The molecule has 2 nitrogen and oxygen atoms in total. The van der Waals surface area contributed by atoms with E-state index in [4.69, 9.17) is 10.0 Å². The topological polar surface area (TPSA) is 40.5 Å². The second kappa shape index (κ2) is 14.7. The second-order valence-electron chi connectivity index (χ2n) is 6.28. The van der Waals surface area contributed by atoms with Crippen LogP contribution in [0.3, 0.4) is 0 Å². The highest BCUT2D eigenvalue weighted by atomic mass is 127. The van der Waals surface area contributed by atoms with Gasteiger partial charge in [-0.2, -0.15) is 0 Å². The first-order valence-corrected chi connectivity index (χ1v) is 13.6. The van der Waals surface area contributed by atoms with Crippen LogP contribution in [-0.2, 0) is 0 Å². The van der Waals surface area contributed by atoms with Crippen molar-refractivity contribution in [1.82, 2.24) is 0 Å². The second-order valence-corrected chi connectivity index (χ2v) is 10.8. The molecule has 0 aromatic heterocycles. The Morgan fingerprint density at radius 3 is 1.31 bits per heavy atom. The van der Waals surface area contributed by atoms with Gasteiger partial charge in [0.25, 0.3) is 0 Å². The molecule has 32 heavy (non-hydrogen) atoms. The maximum absolute atomic E-state index is 8.58. The molecule has 0 spiro atoms. The first-order chi connectivity index (χ1) is 15.3. The Bertz CT molecular complexity index is 1070. The highest BCUT2D eigenvalue weighted by molar-refractivity contribution is 14.1. The van der Waals surface area contributed by atoms with Gasteiger partial charge in [0.2, 0.25) is 0 Å². The van der Waals surface area contributed by atoms with Crippen molar-refractivity contribution in [3.63, 3.8) is 0 Å². The highest BCUT2D eigenvalue weighted by Crippen LogP contribution is 2.34. The fraction of sp³-hybridized carbons (Fsp3) is 0. The van der Waals surface area contributed by atoms with Gasteiger partial charge >= 0.3 is 7.12 Å². The minimum atomic E-state index is -1.34. The van der Waals surface area contributed by atoms with Gasteiger partial charge in [0.1, 0.15) is 0 Å². The normalized spacial score (nSPS) is 9.72. The highest BCUT2D eigenvalue weighted by Gasteiger charge is 2.07. The summed E-state index contributed by atoms with van der Waals surface area (Å²) in [4.78, 5) is 0. The van der Waals surface area contributed by atoms with Crippen LogP contribution < -0.4 is 5.46 Å². The van der Waals surface area contributed by atoms with Gasteiger partial charge in [0, 0.05) is 27.0 Å². The Morgan fingerprint density at radius 2 is 0.938 bits per heavy atom. The molecule has 0 aliphatic carbocycles. The summed E-state index contributed by atoms with van der Waals surface area (Å²) in [7, 11) is -1.34. The molecule has 4 rings (SSSR count). The van der Waals surface area contributed by atoms with E-state index in [1.807, 2.05) is 60.7 Å². The fourth-order valence-corrected chi connectivity index (χ4v) is 5.30. The Balaban J connectivity index is 0.000000178. The van der Waals surface area contributed by atoms with E-state index in [1.54, 1.807) is 24.3 Å². The first-order valence-electron chi connectivity index (χ1n) is 9.31. The molecule has 0 bridgehead atoms. The SMILES string of the molecule is Brc1cccc(Br)c1-c1ccccc1.Brc1cccc(Br)c1I.OB(O)c1ccccc1. The molecular weight excluding hydrogens is 778 g/mol. The summed E-state index contributed by atoms with van der Waals surface area (Å²) in [5, 5.41) is 17.2. The summed E-state index contributed by atoms with van der Waals surface area (Å²) < 4.78 is 5.71. The van der Waals surface area contributed by atoms with Crippen LogP contribution in [0.5, 0.6) is 0 Å². The molecule has 2 N–H and O–H groups in total. The van der Waals surface area contributed by atoms with E-state index >= 15 is 0 Å². The van der Waals surface area contributed by atoms with Gasteiger partial charge in [-0.15, -0.1) is 0 Å². The Labute approximate surface area is 236 Å². The molecule has 8 heteroatoms. The van der Waals surface area contributed by atoms with E-state index in [9.17, 15) is 0 Å². The van der Waals surface area contributed by atoms with E-state index < -0.39 is 7.12 Å². The van der Waals surface area contributed by atoms with Crippen molar-refractivity contribution >= 4 is 98.9 Å². The predicted molar refractivity (Wildman–Crippen MR) is 158 cm³/mol. The summed E-state index contributed by atoms with van der Waals surface area (Å²) in [5.74, 6) is 0. The molecule has 0 aliphatic heterocycles. The molecule has 0 aliphatic rings. The van der Waals surface area contributed by atoms with Gasteiger partial charge < -0.3 is 10.0 Å². The lowest BCUT2D eigenvalue weighted by molar-refractivity contribution is 0.426. The van der Waals surface area contributed by atoms with Crippen molar-refractivity contribution in [3.8, 4) is 11.1 Å². The molecular formula is C24H18BBr4IO2. The van der Waals surface area contributed by atoms with Crippen molar-refractivity contribution < 1.29 is 10.0 Å². The standard InChI is InChI=1S/C12H8Br2.C6H7BO2.C6H3Br2I/c13-10-7-4-8-11(14)12(10)9-5-2-1-3-6-9;8-7(9)6-4-2-1-3-5-6;7-4-2-1-3-5(8)6(4)9/h1-8H;1-5,8-9H;1-3H. The number of hydrogen-bond acceptors (Lipinski definition) is 2. The summed E-state index contributed by atoms with van der Waals surface area (Å²) in [5.41, 5.74) is 2.94. The number of rotatable bonds is 2. The van der Waals surface area contributed by atoms with Crippen molar-refractivity contribution in [2.45, 2.75) is 0 Å². The van der Waals surface area contributed by atoms with Crippen molar-refractivity contribution in [3.05, 3.63) is 119 Å². The van der Waals surface area contributed by atoms with Crippen LogP contribution in [0.4, 0.5) is 0 Å². The van der Waals surface area contributed by atoms with E-state index in [2.05, 4.69) is 98.4 Å². The van der Waals surface area contributed by atoms with Gasteiger partial charge in [0.05, 0.1) is 0 Å². The van der Waals surface area contributed by atoms with Crippen molar-refractivity contribution in [2.24, 2.45) is 0 Å². The zero-order chi connectivity index (χ0) is 23.5. The molecule has 0 saturated heterocycles. The third kappa shape index (κ3) is 9.04. The number of hydrogen-bond donors (Lipinski definition) is 2. The molecule has 4 aromatic rings. The summed E-state index contributed by atoms with van der Waals surface area (Å²) in [6, 6.07) is 31.1. The summed E-state index contributed by atoms with van der Waals surface area (Å²) in [6.45, 7) is 0. The van der Waals surface area contributed by atoms with Crippen LogP contribution in [0.15, 0.2) is 115 Å². The van der Waals surface area contributed by atoms with E-state index in [-0.39, 0.29) is 0 Å². The Hall–Kier alpha value is -0.485. The van der Waals surface area contributed by atoms with Crippen LogP contribution in [-0.4, -0.2) is 17.2 Å². The number of halogens is 5. The summed E-state index contributed by atoms with van der Waals surface area (Å²) in [6.07, 6.45) is 0. The monoisotopic (exact) mass is 792 g/mol. The average molecular weight is 796 g/mol. The van der Waals surface area contributed by atoms with Gasteiger partial charge in [0.15, 0.2) is 0 Å². The molecule has 0 saturated carbocycles. The molecule has 0 radical (unpaired) electrons. The molecule has 0 heterocycles. The van der Waals surface area contributed by atoms with Crippen LogP contribution in [0.2, 0.25) is 0 Å². The Kier molecular flexibility index (Phi) is 12.8. The lowest BCUT2D eigenvalue weighted by atomic mass is 9.81. The van der Waals surface area contributed by atoms with Gasteiger partial charge in [-0.1, -0.05) is 105 Å².